The molecule has 1 atom stereocenters. The fraction of sp³-hybridized carbons (Fsp3) is 0.909. The van der Waals surface area contributed by atoms with Gasteiger partial charge < -0.3 is 19.9 Å². The molecule has 0 aromatic rings. The highest BCUT2D eigenvalue weighted by molar-refractivity contribution is 5.73. The van der Waals surface area contributed by atoms with E-state index in [9.17, 15) is 4.79 Å². The fourth-order valence-electron chi connectivity index (χ4n) is 1.85. The van der Waals surface area contributed by atoms with E-state index in [1.54, 1.807) is 7.11 Å². The third-order valence-corrected chi connectivity index (χ3v) is 2.80. The molecule has 2 N–H and O–H groups in total. The molecule has 17 heavy (non-hydrogen) atoms. The van der Waals surface area contributed by atoms with Crippen molar-refractivity contribution in [2.75, 3.05) is 53.1 Å². The van der Waals surface area contributed by atoms with Crippen molar-refractivity contribution in [1.29, 1.82) is 0 Å². The SMILES string of the molecule is COCCCOCCN1CCNCC1C(=O)O. The maximum absolute atomic E-state index is 11.0. The smallest absolute Gasteiger partial charge is 0.322 e. The molecule has 6 heteroatoms. The molecule has 1 unspecified atom stereocenters. The van der Waals surface area contributed by atoms with Gasteiger partial charge in [-0.15, -0.1) is 0 Å². The van der Waals surface area contributed by atoms with Gasteiger partial charge in [0.2, 0.25) is 0 Å². The first-order valence-corrected chi connectivity index (χ1v) is 6.00. The molecular weight excluding hydrogens is 224 g/mol. The van der Waals surface area contributed by atoms with Crippen LogP contribution in [-0.2, 0) is 14.3 Å². The van der Waals surface area contributed by atoms with Gasteiger partial charge in [0.15, 0.2) is 0 Å². The Labute approximate surface area is 102 Å². The van der Waals surface area contributed by atoms with E-state index in [-0.39, 0.29) is 0 Å². The summed E-state index contributed by atoms with van der Waals surface area (Å²) in [6, 6.07) is -0.425. The minimum atomic E-state index is -0.767. The summed E-state index contributed by atoms with van der Waals surface area (Å²) in [5, 5.41) is 12.1. The van der Waals surface area contributed by atoms with Crippen LogP contribution in [0.4, 0.5) is 0 Å². The van der Waals surface area contributed by atoms with Crippen LogP contribution in [0.2, 0.25) is 0 Å². The summed E-state index contributed by atoms with van der Waals surface area (Å²) >= 11 is 0. The topological polar surface area (TPSA) is 71.0 Å². The van der Waals surface area contributed by atoms with Crippen LogP contribution in [0.25, 0.3) is 0 Å². The third-order valence-electron chi connectivity index (χ3n) is 2.80. The molecule has 0 radical (unpaired) electrons. The Morgan fingerprint density at radius 2 is 2.29 bits per heavy atom. The predicted octanol–water partition coefficient (Wildman–Crippen LogP) is -0.602. The van der Waals surface area contributed by atoms with E-state index >= 15 is 0 Å². The summed E-state index contributed by atoms with van der Waals surface area (Å²) in [7, 11) is 1.66. The molecule has 0 bridgehead atoms. The highest BCUT2D eigenvalue weighted by atomic mass is 16.5. The maximum Gasteiger partial charge on any atom is 0.322 e. The molecular formula is C11H22N2O4. The second kappa shape index (κ2) is 8.41. The van der Waals surface area contributed by atoms with Gasteiger partial charge in [-0.25, -0.2) is 0 Å². The Morgan fingerprint density at radius 3 is 3.00 bits per heavy atom. The van der Waals surface area contributed by atoms with E-state index in [2.05, 4.69) is 5.32 Å². The van der Waals surface area contributed by atoms with E-state index in [1.165, 1.54) is 0 Å². The first kappa shape index (κ1) is 14.4. The molecule has 100 valence electrons. The van der Waals surface area contributed by atoms with Crippen molar-refractivity contribution in [3.63, 3.8) is 0 Å². The fourth-order valence-corrected chi connectivity index (χ4v) is 1.85. The molecule has 1 heterocycles. The standard InChI is InChI=1S/C11H22N2O4/c1-16-6-2-7-17-8-5-13-4-3-12-9-10(13)11(14)15/h10,12H,2-9H2,1H3,(H,14,15). The molecule has 0 amide bonds. The van der Waals surface area contributed by atoms with Gasteiger partial charge in [0.1, 0.15) is 6.04 Å². The second-order valence-electron chi connectivity index (χ2n) is 4.05. The number of carbonyl (C=O) groups is 1. The lowest BCUT2D eigenvalue weighted by Crippen LogP contribution is -2.55. The Balaban J connectivity index is 2.13. The van der Waals surface area contributed by atoms with Crippen molar-refractivity contribution in [2.45, 2.75) is 12.5 Å². The number of hydrogen-bond acceptors (Lipinski definition) is 5. The Hall–Kier alpha value is -0.690. The lowest BCUT2D eigenvalue weighted by atomic mass is 10.2. The monoisotopic (exact) mass is 246 g/mol. The number of aliphatic carboxylic acids is 1. The van der Waals surface area contributed by atoms with Gasteiger partial charge in [0.05, 0.1) is 6.61 Å². The van der Waals surface area contributed by atoms with Gasteiger partial charge in [-0.2, -0.15) is 0 Å². The summed E-state index contributed by atoms with van der Waals surface area (Å²) in [4.78, 5) is 13.0. The van der Waals surface area contributed by atoms with Crippen LogP contribution in [-0.4, -0.2) is 75.1 Å². The highest BCUT2D eigenvalue weighted by Gasteiger charge is 2.27. The van der Waals surface area contributed by atoms with E-state index in [0.29, 0.717) is 32.9 Å². The minimum absolute atomic E-state index is 0.425. The number of nitrogens with one attached hydrogen (secondary N) is 1. The second-order valence-corrected chi connectivity index (χ2v) is 4.05. The summed E-state index contributed by atoms with van der Waals surface area (Å²) < 4.78 is 10.3. The number of hydrogen-bond donors (Lipinski definition) is 2. The van der Waals surface area contributed by atoms with Crippen molar-refractivity contribution in [1.82, 2.24) is 10.2 Å². The lowest BCUT2D eigenvalue weighted by Gasteiger charge is -2.33. The highest BCUT2D eigenvalue weighted by Crippen LogP contribution is 2.03. The van der Waals surface area contributed by atoms with Crippen molar-refractivity contribution in [3.05, 3.63) is 0 Å². The Morgan fingerprint density at radius 1 is 1.47 bits per heavy atom. The summed E-state index contributed by atoms with van der Waals surface area (Å²) in [5.41, 5.74) is 0. The van der Waals surface area contributed by atoms with Crippen LogP contribution < -0.4 is 5.32 Å². The average Bonchev–Trinajstić information content (AvgIpc) is 2.34. The zero-order chi connectivity index (χ0) is 12.5. The molecule has 0 spiro atoms. The van der Waals surface area contributed by atoms with Crippen LogP contribution in [0.15, 0.2) is 0 Å². The van der Waals surface area contributed by atoms with Gasteiger partial charge in [-0.3, -0.25) is 9.69 Å². The summed E-state index contributed by atoms with van der Waals surface area (Å²) in [6.45, 7) is 4.73. The molecule has 0 saturated carbocycles. The van der Waals surface area contributed by atoms with Crippen LogP contribution in [0.1, 0.15) is 6.42 Å². The normalized spacial score (nSPS) is 21.6. The summed E-state index contributed by atoms with van der Waals surface area (Å²) in [6.07, 6.45) is 0.875. The molecule has 1 fully saturated rings. The molecule has 1 rings (SSSR count). The lowest BCUT2D eigenvalue weighted by molar-refractivity contribution is -0.144. The van der Waals surface area contributed by atoms with Gasteiger partial charge in [-0.1, -0.05) is 0 Å². The molecule has 1 aliphatic rings. The minimum Gasteiger partial charge on any atom is -0.480 e. The van der Waals surface area contributed by atoms with E-state index in [0.717, 1.165) is 19.5 Å². The zero-order valence-corrected chi connectivity index (χ0v) is 10.4. The van der Waals surface area contributed by atoms with Gasteiger partial charge in [0, 0.05) is 46.5 Å². The molecule has 0 aromatic heterocycles. The Kier molecular flexibility index (Phi) is 7.11. The zero-order valence-electron chi connectivity index (χ0n) is 10.4. The average molecular weight is 246 g/mol. The molecule has 1 saturated heterocycles. The van der Waals surface area contributed by atoms with E-state index < -0.39 is 12.0 Å². The summed E-state index contributed by atoms with van der Waals surface area (Å²) in [5.74, 6) is -0.767. The number of carboxylic acid groups (broad SMARTS) is 1. The van der Waals surface area contributed by atoms with Crippen LogP contribution in [0.5, 0.6) is 0 Å². The van der Waals surface area contributed by atoms with Crippen molar-refractivity contribution < 1.29 is 19.4 Å². The molecule has 0 aliphatic carbocycles. The largest absolute Gasteiger partial charge is 0.480 e. The number of methoxy groups -OCH3 is 1. The number of ether oxygens (including phenoxy) is 2. The first-order chi connectivity index (χ1) is 8.25. The predicted molar refractivity (Wildman–Crippen MR) is 63.2 cm³/mol. The van der Waals surface area contributed by atoms with Crippen molar-refractivity contribution in [2.24, 2.45) is 0 Å². The van der Waals surface area contributed by atoms with Crippen molar-refractivity contribution in [3.8, 4) is 0 Å². The first-order valence-electron chi connectivity index (χ1n) is 6.00. The maximum atomic E-state index is 11.0. The van der Waals surface area contributed by atoms with Gasteiger partial charge >= 0.3 is 5.97 Å². The third kappa shape index (κ3) is 5.45. The van der Waals surface area contributed by atoms with Crippen LogP contribution in [0.3, 0.4) is 0 Å². The molecule has 6 nitrogen and oxygen atoms in total. The van der Waals surface area contributed by atoms with Gasteiger partial charge in [0.25, 0.3) is 0 Å². The molecule has 0 aromatic carbocycles. The quantitative estimate of drug-likeness (QED) is 0.557. The van der Waals surface area contributed by atoms with Gasteiger partial charge in [-0.05, 0) is 6.42 Å². The van der Waals surface area contributed by atoms with Crippen molar-refractivity contribution >= 4 is 5.97 Å². The number of rotatable bonds is 8. The van der Waals surface area contributed by atoms with E-state index in [4.69, 9.17) is 14.6 Å². The number of nitrogens with zero attached hydrogens (tertiary/aromatic N) is 1. The molecule has 1 aliphatic heterocycles. The number of piperazine rings is 1. The van der Waals surface area contributed by atoms with Crippen LogP contribution in [0, 0.1) is 0 Å². The Bertz CT molecular complexity index is 226. The van der Waals surface area contributed by atoms with E-state index in [1.807, 2.05) is 4.90 Å². The number of carboxylic acids is 1. The van der Waals surface area contributed by atoms with Crippen LogP contribution >= 0.6 is 0 Å².